The summed E-state index contributed by atoms with van der Waals surface area (Å²) < 4.78 is 5.93. The quantitative estimate of drug-likeness (QED) is 0.529. The van der Waals surface area contributed by atoms with Crippen molar-refractivity contribution in [3.8, 4) is 5.75 Å². The minimum absolute atomic E-state index is 0. The molecule has 0 aromatic heterocycles. The second kappa shape index (κ2) is 9.59. The molecule has 1 aromatic carbocycles. The van der Waals surface area contributed by atoms with Gasteiger partial charge in [-0.2, -0.15) is 0 Å². The molecule has 3 nitrogen and oxygen atoms in total. The first-order chi connectivity index (χ1) is 11.4. The molecule has 1 fully saturated rings. The zero-order valence-electron chi connectivity index (χ0n) is 16.1. The van der Waals surface area contributed by atoms with Crippen molar-refractivity contribution in [2.24, 2.45) is 11.1 Å². The molecule has 0 aliphatic heterocycles. The van der Waals surface area contributed by atoms with E-state index < -0.39 is 0 Å². The first kappa shape index (κ1) is 22.0. The van der Waals surface area contributed by atoms with E-state index in [9.17, 15) is 4.79 Å². The predicted octanol–water partition coefficient (Wildman–Crippen LogP) is 5.56. The number of carbonyl (C=O) groups excluding carboxylic acids is 1. The highest BCUT2D eigenvalue weighted by molar-refractivity contribution is 5.85. The van der Waals surface area contributed by atoms with Gasteiger partial charge in [-0.25, -0.2) is 0 Å². The van der Waals surface area contributed by atoms with Gasteiger partial charge in [-0.3, -0.25) is 4.79 Å². The number of esters is 1. The van der Waals surface area contributed by atoms with E-state index in [4.69, 9.17) is 10.5 Å². The van der Waals surface area contributed by atoms with Crippen LogP contribution in [0.5, 0.6) is 5.75 Å². The first-order valence-electron chi connectivity index (χ1n) is 9.42. The van der Waals surface area contributed by atoms with Gasteiger partial charge in [-0.15, -0.1) is 12.4 Å². The summed E-state index contributed by atoms with van der Waals surface area (Å²) in [4.78, 5) is 12.7. The molecule has 2 N–H and O–H groups in total. The van der Waals surface area contributed by atoms with Crippen LogP contribution in [0.2, 0.25) is 0 Å². The van der Waals surface area contributed by atoms with Gasteiger partial charge in [-0.1, -0.05) is 65.2 Å². The fourth-order valence-corrected chi connectivity index (χ4v) is 3.81. The Morgan fingerprint density at radius 1 is 1.08 bits per heavy atom. The standard InChI is InChI=1S/C21H33NO2.ClH/c1-15(2)17-9-8-10-18(16(3)4)20(17)24-19(23)13-21(14-22)11-6-5-7-12-21;/h8-10,15-16H,5-7,11-14,22H2,1-4H3;1H. The summed E-state index contributed by atoms with van der Waals surface area (Å²) in [6.45, 7) is 9.13. The van der Waals surface area contributed by atoms with Crippen LogP contribution in [0.4, 0.5) is 0 Å². The minimum atomic E-state index is -0.127. The molecule has 1 aliphatic rings. The van der Waals surface area contributed by atoms with Crippen LogP contribution < -0.4 is 10.5 Å². The highest BCUT2D eigenvalue weighted by Gasteiger charge is 2.34. The van der Waals surface area contributed by atoms with Crippen LogP contribution in [0.25, 0.3) is 0 Å². The Bertz CT molecular complexity index is 537. The molecular formula is C21H34ClNO2. The molecular weight excluding hydrogens is 334 g/mol. The van der Waals surface area contributed by atoms with Gasteiger partial charge in [0.25, 0.3) is 0 Å². The van der Waals surface area contributed by atoms with E-state index >= 15 is 0 Å². The van der Waals surface area contributed by atoms with Crippen molar-refractivity contribution in [1.29, 1.82) is 0 Å². The minimum Gasteiger partial charge on any atom is -0.426 e. The topological polar surface area (TPSA) is 52.3 Å². The van der Waals surface area contributed by atoms with Gasteiger partial charge in [0.05, 0.1) is 6.42 Å². The van der Waals surface area contributed by atoms with Gasteiger partial charge < -0.3 is 10.5 Å². The molecule has 0 atom stereocenters. The van der Waals surface area contributed by atoms with E-state index in [0.717, 1.165) is 29.7 Å². The van der Waals surface area contributed by atoms with Crippen molar-refractivity contribution < 1.29 is 9.53 Å². The molecule has 0 unspecified atom stereocenters. The molecule has 1 aliphatic carbocycles. The van der Waals surface area contributed by atoms with Gasteiger partial charge in [0, 0.05) is 0 Å². The van der Waals surface area contributed by atoms with Crippen molar-refractivity contribution in [2.75, 3.05) is 6.54 Å². The van der Waals surface area contributed by atoms with Gasteiger partial charge in [0.2, 0.25) is 0 Å². The number of ether oxygens (including phenoxy) is 1. The summed E-state index contributed by atoms with van der Waals surface area (Å²) >= 11 is 0. The highest BCUT2D eigenvalue weighted by atomic mass is 35.5. The smallest absolute Gasteiger partial charge is 0.311 e. The monoisotopic (exact) mass is 367 g/mol. The SMILES string of the molecule is CC(C)c1cccc(C(C)C)c1OC(=O)CC1(CN)CCCCC1.Cl. The van der Waals surface area contributed by atoms with Crippen molar-refractivity contribution in [1.82, 2.24) is 0 Å². The average Bonchev–Trinajstić information content (AvgIpc) is 2.55. The van der Waals surface area contributed by atoms with Crippen molar-refractivity contribution >= 4 is 18.4 Å². The second-order valence-electron chi connectivity index (χ2n) is 7.99. The van der Waals surface area contributed by atoms with Gasteiger partial charge in [0.1, 0.15) is 5.75 Å². The normalized spacial score (nSPS) is 16.6. The van der Waals surface area contributed by atoms with Crippen LogP contribution in [0.3, 0.4) is 0 Å². The average molecular weight is 368 g/mol. The van der Waals surface area contributed by atoms with Crippen LogP contribution in [0.1, 0.15) is 89.2 Å². The molecule has 0 saturated heterocycles. The Morgan fingerprint density at radius 2 is 1.60 bits per heavy atom. The largest absolute Gasteiger partial charge is 0.426 e. The Kier molecular flexibility index (Phi) is 8.43. The zero-order chi connectivity index (χ0) is 17.7. The van der Waals surface area contributed by atoms with Crippen molar-refractivity contribution in [2.45, 2.75) is 78.1 Å². The van der Waals surface area contributed by atoms with E-state index in [-0.39, 0.29) is 23.8 Å². The molecule has 0 heterocycles. The van der Waals surface area contributed by atoms with E-state index in [0.29, 0.717) is 24.8 Å². The molecule has 1 saturated carbocycles. The number of hydrogen-bond donors (Lipinski definition) is 1. The Morgan fingerprint density at radius 3 is 2.04 bits per heavy atom. The van der Waals surface area contributed by atoms with Crippen LogP contribution >= 0.6 is 12.4 Å². The summed E-state index contributed by atoms with van der Waals surface area (Å²) in [5, 5.41) is 0. The highest BCUT2D eigenvalue weighted by Crippen LogP contribution is 2.40. The molecule has 25 heavy (non-hydrogen) atoms. The molecule has 4 heteroatoms. The van der Waals surface area contributed by atoms with Crippen molar-refractivity contribution in [3.63, 3.8) is 0 Å². The summed E-state index contributed by atoms with van der Waals surface area (Å²) in [7, 11) is 0. The number of para-hydroxylation sites is 1. The van der Waals surface area contributed by atoms with Gasteiger partial charge >= 0.3 is 5.97 Å². The van der Waals surface area contributed by atoms with Crippen LogP contribution in [-0.4, -0.2) is 12.5 Å². The fraction of sp³-hybridized carbons (Fsp3) is 0.667. The number of halogens is 1. The lowest BCUT2D eigenvalue weighted by Gasteiger charge is -2.35. The summed E-state index contributed by atoms with van der Waals surface area (Å²) in [5.41, 5.74) is 8.20. The number of benzene rings is 1. The molecule has 0 bridgehead atoms. The first-order valence-corrected chi connectivity index (χ1v) is 9.42. The fourth-order valence-electron chi connectivity index (χ4n) is 3.81. The second-order valence-corrected chi connectivity index (χ2v) is 7.99. The zero-order valence-corrected chi connectivity index (χ0v) is 17.0. The Balaban J connectivity index is 0.00000312. The third-order valence-electron chi connectivity index (χ3n) is 5.40. The molecule has 2 rings (SSSR count). The lowest BCUT2D eigenvalue weighted by atomic mass is 9.72. The summed E-state index contributed by atoms with van der Waals surface area (Å²) in [5.74, 6) is 1.29. The van der Waals surface area contributed by atoms with Gasteiger partial charge in [0.15, 0.2) is 0 Å². The maximum absolute atomic E-state index is 12.7. The Labute approximate surface area is 159 Å². The Hall–Kier alpha value is -1.06. The van der Waals surface area contributed by atoms with Crippen LogP contribution in [0.15, 0.2) is 18.2 Å². The van der Waals surface area contributed by atoms with E-state index in [2.05, 4.69) is 45.9 Å². The van der Waals surface area contributed by atoms with Gasteiger partial charge in [-0.05, 0) is 47.8 Å². The van der Waals surface area contributed by atoms with E-state index in [1.54, 1.807) is 0 Å². The van der Waals surface area contributed by atoms with Crippen molar-refractivity contribution in [3.05, 3.63) is 29.3 Å². The summed E-state index contributed by atoms with van der Waals surface area (Å²) in [6, 6.07) is 6.20. The number of rotatable bonds is 6. The van der Waals surface area contributed by atoms with E-state index in [1.165, 1.54) is 19.3 Å². The maximum atomic E-state index is 12.7. The number of hydrogen-bond acceptors (Lipinski definition) is 3. The molecule has 1 aromatic rings. The predicted molar refractivity (Wildman–Crippen MR) is 107 cm³/mol. The lowest BCUT2D eigenvalue weighted by Crippen LogP contribution is -2.36. The molecule has 0 spiro atoms. The number of nitrogens with two attached hydrogens (primary N) is 1. The maximum Gasteiger partial charge on any atom is 0.311 e. The van der Waals surface area contributed by atoms with E-state index in [1.807, 2.05) is 0 Å². The molecule has 0 amide bonds. The molecule has 0 radical (unpaired) electrons. The van der Waals surface area contributed by atoms with Crippen LogP contribution in [0, 0.1) is 5.41 Å². The van der Waals surface area contributed by atoms with Crippen LogP contribution in [-0.2, 0) is 4.79 Å². The number of carbonyl (C=O) groups is 1. The third-order valence-corrected chi connectivity index (χ3v) is 5.40. The lowest BCUT2D eigenvalue weighted by molar-refractivity contribution is -0.137. The summed E-state index contributed by atoms with van der Waals surface area (Å²) in [6.07, 6.45) is 6.12. The molecule has 142 valence electrons. The third kappa shape index (κ3) is 5.46.